The minimum absolute atomic E-state index is 0.0589. The Balaban J connectivity index is 5.04. The standard InChI is InChI=1S/C13H22N2O5/c1-9(2)8-20-12(13(5,6)15(18)19)7-10(3)11(4)14(16)17/h11-12H,1,3,7-8H2,2,4-6H3. The van der Waals surface area contributed by atoms with Gasteiger partial charge >= 0.3 is 0 Å². The monoisotopic (exact) mass is 286 g/mol. The normalized spacial score (nSPS) is 14.4. The van der Waals surface area contributed by atoms with Crippen molar-refractivity contribution < 1.29 is 14.6 Å². The fraction of sp³-hybridized carbons (Fsp3) is 0.692. The summed E-state index contributed by atoms with van der Waals surface area (Å²) in [6.07, 6.45) is -0.743. The third-order valence-electron chi connectivity index (χ3n) is 3.14. The van der Waals surface area contributed by atoms with E-state index in [-0.39, 0.29) is 13.0 Å². The first-order valence-corrected chi connectivity index (χ1v) is 6.21. The molecule has 0 rings (SSSR count). The molecule has 0 aromatic heterocycles. The van der Waals surface area contributed by atoms with Gasteiger partial charge in [-0.3, -0.25) is 20.2 Å². The van der Waals surface area contributed by atoms with Crippen molar-refractivity contribution in [1.82, 2.24) is 0 Å². The number of nitro groups is 2. The second-order valence-electron chi connectivity index (χ2n) is 5.49. The van der Waals surface area contributed by atoms with Crippen molar-refractivity contribution in [2.75, 3.05) is 6.61 Å². The lowest BCUT2D eigenvalue weighted by molar-refractivity contribution is -0.574. The Kier molecular flexibility index (Phi) is 6.51. The molecule has 0 amide bonds. The summed E-state index contributed by atoms with van der Waals surface area (Å²) in [6.45, 7) is 13.5. The van der Waals surface area contributed by atoms with E-state index in [0.29, 0.717) is 5.57 Å². The molecule has 0 heterocycles. The molecule has 0 saturated heterocycles. The summed E-state index contributed by atoms with van der Waals surface area (Å²) >= 11 is 0. The van der Waals surface area contributed by atoms with Crippen LogP contribution in [0.15, 0.2) is 24.3 Å². The summed E-state index contributed by atoms with van der Waals surface area (Å²) < 4.78 is 5.51. The highest BCUT2D eigenvalue weighted by atomic mass is 16.6. The number of nitrogens with zero attached hydrogens (tertiary/aromatic N) is 2. The van der Waals surface area contributed by atoms with Crippen molar-refractivity contribution in [3.63, 3.8) is 0 Å². The molecule has 0 aliphatic heterocycles. The lowest BCUT2D eigenvalue weighted by atomic mass is 9.90. The molecule has 0 fully saturated rings. The van der Waals surface area contributed by atoms with Crippen LogP contribution in [0.1, 0.15) is 34.1 Å². The molecule has 0 spiro atoms. The molecule has 114 valence electrons. The third kappa shape index (κ3) is 5.08. The second kappa shape index (κ2) is 7.14. The van der Waals surface area contributed by atoms with Crippen molar-refractivity contribution in [1.29, 1.82) is 0 Å². The van der Waals surface area contributed by atoms with Gasteiger partial charge in [0.2, 0.25) is 11.6 Å². The van der Waals surface area contributed by atoms with Crippen LogP contribution < -0.4 is 0 Å². The van der Waals surface area contributed by atoms with Gasteiger partial charge in [-0.15, -0.1) is 0 Å². The Labute approximate surface area is 118 Å². The van der Waals surface area contributed by atoms with Crippen molar-refractivity contribution in [2.24, 2.45) is 0 Å². The summed E-state index contributed by atoms with van der Waals surface area (Å²) in [5.74, 6) is 0. The SMILES string of the molecule is C=C(C)COC(CC(=C)C(C)[N+](=O)[O-])C(C)(C)[N+](=O)[O-]. The van der Waals surface area contributed by atoms with Gasteiger partial charge in [-0.1, -0.05) is 18.7 Å². The fourth-order valence-corrected chi connectivity index (χ4v) is 1.43. The summed E-state index contributed by atoms with van der Waals surface area (Å²) in [4.78, 5) is 20.9. The maximum absolute atomic E-state index is 11.1. The van der Waals surface area contributed by atoms with E-state index in [0.717, 1.165) is 5.57 Å². The van der Waals surface area contributed by atoms with E-state index in [2.05, 4.69) is 13.2 Å². The van der Waals surface area contributed by atoms with Crippen LogP contribution in [0.4, 0.5) is 0 Å². The highest BCUT2D eigenvalue weighted by molar-refractivity contribution is 5.05. The zero-order valence-corrected chi connectivity index (χ0v) is 12.4. The first-order chi connectivity index (χ1) is 9.00. The summed E-state index contributed by atoms with van der Waals surface area (Å²) in [6, 6.07) is -0.964. The van der Waals surface area contributed by atoms with Crippen molar-refractivity contribution in [2.45, 2.75) is 51.8 Å². The molecule has 0 aromatic rings. The molecule has 0 aliphatic carbocycles. The maximum atomic E-state index is 11.1. The first kappa shape index (κ1) is 18.2. The largest absolute Gasteiger partial charge is 0.366 e. The lowest BCUT2D eigenvalue weighted by Crippen LogP contribution is -2.46. The van der Waals surface area contributed by atoms with Crippen LogP contribution in [0.2, 0.25) is 0 Å². The Morgan fingerprint density at radius 3 is 2.15 bits per heavy atom. The van der Waals surface area contributed by atoms with Gasteiger partial charge in [0.15, 0.2) is 0 Å². The van der Waals surface area contributed by atoms with Gasteiger partial charge in [0.1, 0.15) is 6.10 Å². The van der Waals surface area contributed by atoms with Crippen molar-refractivity contribution in [3.05, 3.63) is 44.5 Å². The van der Waals surface area contributed by atoms with Gasteiger partial charge in [-0.25, -0.2) is 0 Å². The molecule has 0 aromatic carbocycles. The molecule has 0 radical (unpaired) electrons. The third-order valence-corrected chi connectivity index (χ3v) is 3.14. The first-order valence-electron chi connectivity index (χ1n) is 6.21. The van der Waals surface area contributed by atoms with E-state index in [1.165, 1.54) is 20.8 Å². The predicted octanol–water partition coefficient (Wildman–Crippen LogP) is 2.61. The summed E-state index contributed by atoms with van der Waals surface area (Å²) in [5.41, 5.74) is -0.340. The van der Waals surface area contributed by atoms with Gasteiger partial charge < -0.3 is 4.74 Å². The van der Waals surface area contributed by atoms with E-state index in [1.54, 1.807) is 6.92 Å². The maximum Gasteiger partial charge on any atom is 0.242 e. The van der Waals surface area contributed by atoms with Gasteiger partial charge in [0.05, 0.1) is 6.61 Å². The van der Waals surface area contributed by atoms with Crippen LogP contribution in [0, 0.1) is 20.2 Å². The second-order valence-corrected chi connectivity index (χ2v) is 5.49. The zero-order valence-electron chi connectivity index (χ0n) is 12.4. The van der Waals surface area contributed by atoms with Crippen molar-refractivity contribution >= 4 is 0 Å². The summed E-state index contributed by atoms with van der Waals surface area (Å²) in [7, 11) is 0. The predicted molar refractivity (Wildman–Crippen MR) is 75.8 cm³/mol. The van der Waals surface area contributed by atoms with Crippen LogP contribution in [-0.2, 0) is 4.74 Å². The zero-order chi connectivity index (χ0) is 16.1. The van der Waals surface area contributed by atoms with Gasteiger partial charge in [-0.05, 0) is 12.5 Å². The van der Waals surface area contributed by atoms with E-state index in [4.69, 9.17) is 4.74 Å². The van der Waals surface area contributed by atoms with Crippen LogP contribution in [-0.4, -0.2) is 34.1 Å². The average Bonchev–Trinajstić information content (AvgIpc) is 2.32. The molecular formula is C13H22N2O5. The summed E-state index contributed by atoms with van der Waals surface area (Å²) in [5, 5.41) is 21.9. The number of hydrogen-bond donors (Lipinski definition) is 0. The van der Waals surface area contributed by atoms with E-state index < -0.39 is 27.5 Å². The Hall–Kier alpha value is -1.76. The van der Waals surface area contributed by atoms with Crippen LogP contribution in [0.3, 0.4) is 0 Å². The molecule has 7 heteroatoms. The fourth-order valence-electron chi connectivity index (χ4n) is 1.43. The molecule has 20 heavy (non-hydrogen) atoms. The highest BCUT2D eigenvalue weighted by Gasteiger charge is 2.43. The molecule has 0 saturated carbocycles. The molecule has 0 aliphatic rings. The van der Waals surface area contributed by atoms with Crippen LogP contribution >= 0.6 is 0 Å². The van der Waals surface area contributed by atoms with Gasteiger partial charge in [-0.2, -0.15) is 0 Å². The molecule has 0 bridgehead atoms. The Morgan fingerprint density at radius 1 is 1.30 bits per heavy atom. The molecule has 7 nitrogen and oxygen atoms in total. The number of ether oxygens (including phenoxy) is 1. The van der Waals surface area contributed by atoms with Gasteiger partial charge in [0.25, 0.3) is 0 Å². The molecule has 2 atom stereocenters. The quantitative estimate of drug-likeness (QED) is 0.369. The number of hydrogen-bond acceptors (Lipinski definition) is 5. The molecule has 0 N–H and O–H groups in total. The number of rotatable bonds is 9. The van der Waals surface area contributed by atoms with E-state index in [9.17, 15) is 20.2 Å². The molecule has 2 unspecified atom stereocenters. The van der Waals surface area contributed by atoms with Crippen LogP contribution in [0.5, 0.6) is 0 Å². The van der Waals surface area contributed by atoms with Crippen LogP contribution in [0.25, 0.3) is 0 Å². The topological polar surface area (TPSA) is 95.5 Å². The Morgan fingerprint density at radius 2 is 1.80 bits per heavy atom. The smallest absolute Gasteiger partial charge is 0.242 e. The molecular weight excluding hydrogens is 264 g/mol. The average molecular weight is 286 g/mol. The van der Waals surface area contributed by atoms with Crippen molar-refractivity contribution in [3.8, 4) is 0 Å². The highest BCUT2D eigenvalue weighted by Crippen LogP contribution is 2.25. The van der Waals surface area contributed by atoms with E-state index in [1.807, 2.05) is 0 Å². The minimum atomic E-state index is -1.37. The Bertz CT molecular complexity index is 417. The lowest BCUT2D eigenvalue weighted by Gasteiger charge is -2.27. The minimum Gasteiger partial charge on any atom is -0.366 e. The van der Waals surface area contributed by atoms with Gasteiger partial charge in [0, 0.05) is 37.0 Å². The van der Waals surface area contributed by atoms with E-state index >= 15 is 0 Å².